The van der Waals surface area contributed by atoms with Crippen molar-refractivity contribution in [1.82, 2.24) is 0 Å². The number of aliphatic hydroxyl groups is 1. The summed E-state index contributed by atoms with van der Waals surface area (Å²) in [6.45, 7) is 2.03. The minimum absolute atomic E-state index is 0.188. The average molecular weight is 266 g/mol. The smallest absolute Gasteiger partial charge is 0.165 e. The molecule has 0 aliphatic carbocycles. The summed E-state index contributed by atoms with van der Waals surface area (Å²) >= 11 is 1.49. The minimum atomic E-state index is -0.777. The van der Waals surface area contributed by atoms with Crippen molar-refractivity contribution < 1.29 is 14.2 Å². The van der Waals surface area contributed by atoms with Crippen LogP contribution in [-0.2, 0) is 6.42 Å². The number of methoxy groups -OCH3 is 1. The van der Waals surface area contributed by atoms with Crippen LogP contribution in [0.3, 0.4) is 0 Å². The Morgan fingerprint density at radius 1 is 1.39 bits per heavy atom. The second-order valence-corrected chi connectivity index (χ2v) is 4.91. The van der Waals surface area contributed by atoms with Gasteiger partial charge in [0, 0.05) is 4.88 Å². The van der Waals surface area contributed by atoms with Crippen molar-refractivity contribution in [3.05, 3.63) is 51.5 Å². The summed E-state index contributed by atoms with van der Waals surface area (Å²) < 4.78 is 18.5. The number of benzene rings is 1. The molecule has 96 valence electrons. The molecule has 0 aliphatic heterocycles. The molecule has 0 saturated heterocycles. The van der Waals surface area contributed by atoms with Gasteiger partial charge in [-0.3, -0.25) is 0 Å². The van der Waals surface area contributed by atoms with E-state index in [1.54, 1.807) is 6.07 Å². The predicted octanol–water partition coefficient (Wildman–Crippen LogP) is 3.54. The summed E-state index contributed by atoms with van der Waals surface area (Å²) in [6, 6.07) is 6.53. The minimum Gasteiger partial charge on any atom is -0.494 e. The van der Waals surface area contributed by atoms with Crippen LogP contribution in [0.5, 0.6) is 5.75 Å². The molecule has 0 spiro atoms. The monoisotopic (exact) mass is 266 g/mol. The molecule has 1 aromatic heterocycles. The van der Waals surface area contributed by atoms with Gasteiger partial charge >= 0.3 is 0 Å². The van der Waals surface area contributed by atoms with E-state index < -0.39 is 11.9 Å². The van der Waals surface area contributed by atoms with E-state index in [4.69, 9.17) is 4.74 Å². The molecule has 2 nitrogen and oxygen atoms in total. The topological polar surface area (TPSA) is 29.5 Å². The van der Waals surface area contributed by atoms with E-state index in [0.29, 0.717) is 5.56 Å². The molecule has 18 heavy (non-hydrogen) atoms. The standard InChI is InChI=1S/C14H15FO2S/c1-3-9-6-7-18-14(9)13(16)10-4-5-12(17-2)11(15)8-10/h4-8,13,16H,3H2,1-2H3. The molecule has 4 heteroatoms. The fourth-order valence-electron chi connectivity index (χ4n) is 1.88. The molecule has 1 atom stereocenters. The Morgan fingerprint density at radius 3 is 2.78 bits per heavy atom. The first-order valence-electron chi connectivity index (χ1n) is 5.75. The van der Waals surface area contributed by atoms with Crippen LogP contribution < -0.4 is 4.74 Å². The Balaban J connectivity index is 2.34. The summed E-state index contributed by atoms with van der Waals surface area (Å²) in [5, 5.41) is 12.2. The molecule has 0 radical (unpaired) electrons. The van der Waals surface area contributed by atoms with Crippen LogP contribution in [0.2, 0.25) is 0 Å². The van der Waals surface area contributed by atoms with Gasteiger partial charge in [-0.15, -0.1) is 11.3 Å². The number of aliphatic hydroxyl groups excluding tert-OH is 1. The maximum Gasteiger partial charge on any atom is 0.165 e. The van der Waals surface area contributed by atoms with E-state index in [1.807, 2.05) is 18.4 Å². The second kappa shape index (κ2) is 5.50. The third-order valence-corrected chi connectivity index (χ3v) is 3.91. The zero-order valence-electron chi connectivity index (χ0n) is 10.3. The fraction of sp³-hybridized carbons (Fsp3) is 0.286. The summed E-state index contributed by atoms with van der Waals surface area (Å²) in [5.41, 5.74) is 1.65. The molecule has 1 N–H and O–H groups in total. The van der Waals surface area contributed by atoms with Gasteiger partial charge in [0.05, 0.1) is 7.11 Å². The van der Waals surface area contributed by atoms with Crippen LogP contribution in [0.4, 0.5) is 4.39 Å². The van der Waals surface area contributed by atoms with Gasteiger partial charge in [-0.25, -0.2) is 4.39 Å². The van der Waals surface area contributed by atoms with E-state index in [0.717, 1.165) is 16.9 Å². The summed E-state index contributed by atoms with van der Waals surface area (Å²) in [4.78, 5) is 0.877. The number of thiophene rings is 1. The highest BCUT2D eigenvalue weighted by molar-refractivity contribution is 7.10. The van der Waals surface area contributed by atoms with E-state index >= 15 is 0 Å². The van der Waals surface area contributed by atoms with Gasteiger partial charge in [-0.2, -0.15) is 0 Å². The molecule has 1 heterocycles. The number of rotatable bonds is 4. The average Bonchev–Trinajstić information content (AvgIpc) is 2.86. The van der Waals surface area contributed by atoms with Crippen LogP contribution in [-0.4, -0.2) is 12.2 Å². The van der Waals surface area contributed by atoms with Crippen molar-refractivity contribution in [3.63, 3.8) is 0 Å². The van der Waals surface area contributed by atoms with Gasteiger partial charge < -0.3 is 9.84 Å². The third-order valence-electron chi connectivity index (χ3n) is 2.90. The molecule has 0 saturated carbocycles. The van der Waals surface area contributed by atoms with Gasteiger partial charge in [-0.1, -0.05) is 13.0 Å². The Morgan fingerprint density at radius 2 is 2.17 bits per heavy atom. The fourth-order valence-corrected chi connectivity index (χ4v) is 2.89. The highest BCUT2D eigenvalue weighted by Crippen LogP contribution is 2.31. The molecule has 1 unspecified atom stereocenters. The van der Waals surface area contributed by atoms with Gasteiger partial charge in [0.15, 0.2) is 11.6 Å². The van der Waals surface area contributed by atoms with Crippen LogP contribution >= 0.6 is 11.3 Å². The van der Waals surface area contributed by atoms with Crippen molar-refractivity contribution in [2.75, 3.05) is 7.11 Å². The first kappa shape index (κ1) is 13.1. The molecule has 2 rings (SSSR count). The largest absolute Gasteiger partial charge is 0.494 e. The zero-order valence-corrected chi connectivity index (χ0v) is 11.1. The lowest BCUT2D eigenvalue weighted by Crippen LogP contribution is -2.01. The van der Waals surface area contributed by atoms with Crippen molar-refractivity contribution in [2.45, 2.75) is 19.4 Å². The van der Waals surface area contributed by atoms with Crippen molar-refractivity contribution in [3.8, 4) is 5.75 Å². The maximum absolute atomic E-state index is 13.6. The molecule has 0 bridgehead atoms. The Labute approximate surface area is 110 Å². The second-order valence-electron chi connectivity index (χ2n) is 3.96. The molecule has 1 aromatic carbocycles. The van der Waals surface area contributed by atoms with E-state index in [-0.39, 0.29) is 5.75 Å². The van der Waals surface area contributed by atoms with Crippen molar-refractivity contribution in [2.24, 2.45) is 0 Å². The summed E-state index contributed by atoms with van der Waals surface area (Å²) in [7, 11) is 1.42. The molecule has 2 aromatic rings. The van der Waals surface area contributed by atoms with Crippen LogP contribution in [0.1, 0.15) is 29.0 Å². The maximum atomic E-state index is 13.6. The predicted molar refractivity (Wildman–Crippen MR) is 70.7 cm³/mol. The van der Waals surface area contributed by atoms with E-state index in [2.05, 4.69) is 0 Å². The summed E-state index contributed by atoms with van der Waals surface area (Å²) in [6.07, 6.45) is 0.0782. The van der Waals surface area contributed by atoms with Crippen LogP contribution in [0, 0.1) is 5.82 Å². The third kappa shape index (κ3) is 2.40. The Kier molecular flexibility index (Phi) is 3.99. The number of hydrogen-bond donors (Lipinski definition) is 1. The van der Waals surface area contributed by atoms with Gasteiger partial charge in [0.1, 0.15) is 6.10 Å². The van der Waals surface area contributed by atoms with Gasteiger partial charge in [0.2, 0.25) is 0 Å². The van der Waals surface area contributed by atoms with Crippen molar-refractivity contribution in [1.29, 1.82) is 0 Å². The van der Waals surface area contributed by atoms with Gasteiger partial charge in [-0.05, 0) is 41.1 Å². The number of halogens is 1. The highest BCUT2D eigenvalue weighted by atomic mass is 32.1. The Hall–Kier alpha value is -1.39. The number of aryl methyl sites for hydroxylation is 1. The first-order valence-corrected chi connectivity index (χ1v) is 6.63. The van der Waals surface area contributed by atoms with Crippen LogP contribution in [0.25, 0.3) is 0 Å². The lowest BCUT2D eigenvalue weighted by Gasteiger charge is -2.12. The molecule has 0 amide bonds. The molecular weight excluding hydrogens is 251 g/mol. The van der Waals surface area contributed by atoms with E-state index in [9.17, 15) is 9.50 Å². The zero-order chi connectivity index (χ0) is 13.1. The Bertz CT molecular complexity index is 536. The van der Waals surface area contributed by atoms with Crippen LogP contribution in [0.15, 0.2) is 29.6 Å². The number of hydrogen-bond acceptors (Lipinski definition) is 3. The summed E-state index contributed by atoms with van der Waals surface area (Å²) in [5.74, 6) is -0.267. The lowest BCUT2D eigenvalue weighted by atomic mass is 10.0. The number of ether oxygens (including phenoxy) is 1. The molecule has 0 aliphatic rings. The lowest BCUT2D eigenvalue weighted by molar-refractivity contribution is 0.222. The van der Waals surface area contributed by atoms with Crippen molar-refractivity contribution >= 4 is 11.3 Å². The molecular formula is C14H15FO2S. The first-order chi connectivity index (χ1) is 8.67. The molecule has 0 fully saturated rings. The van der Waals surface area contributed by atoms with Gasteiger partial charge in [0.25, 0.3) is 0 Å². The van der Waals surface area contributed by atoms with E-state index in [1.165, 1.54) is 30.6 Å². The highest BCUT2D eigenvalue weighted by Gasteiger charge is 2.17. The normalized spacial score (nSPS) is 12.4. The quantitative estimate of drug-likeness (QED) is 0.917. The SMILES string of the molecule is CCc1ccsc1C(O)c1ccc(OC)c(F)c1.